The van der Waals surface area contributed by atoms with E-state index in [2.05, 4.69) is 18.9 Å². The summed E-state index contributed by atoms with van der Waals surface area (Å²) in [5, 5.41) is 15.4. The number of aryl methyl sites for hydroxylation is 2. The van der Waals surface area contributed by atoms with E-state index >= 15 is 0 Å². The zero-order chi connectivity index (χ0) is 13.7. The monoisotopic (exact) mass is 272 g/mol. The first-order chi connectivity index (χ1) is 8.51. The van der Waals surface area contributed by atoms with Gasteiger partial charge in [-0.15, -0.1) is 0 Å². The molecule has 0 bridgehead atoms. The van der Waals surface area contributed by atoms with Gasteiger partial charge in [-0.25, -0.2) is 0 Å². The summed E-state index contributed by atoms with van der Waals surface area (Å²) in [7, 11) is 1.88. The van der Waals surface area contributed by atoms with Crippen LogP contribution < -0.4 is 0 Å². The average Bonchev–Trinajstić information content (AvgIpc) is 2.55. The highest BCUT2D eigenvalue weighted by atomic mass is 35.5. The van der Waals surface area contributed by atoms with E-state index in [9.17, 15) is 5.11 Å². The highest BCUT2D eigenvalue weighted by molar-refractivity contribution is 6.31. The third-order valence-electron chi connectivity index (χ3n) is 3.53. The average molecular weight is 273 g/mol. The van der Waals surface area contributed by atoms with Crippen molar-refractivity contribution in [1.29, 1.82) is 0 Å². The Morgan fingerprint density at radius 2 is 1.83 bits per heavy atom. The number of nitrogens with zero attached hydrogens (tertiary/aromatic N) is 2. The first-order valence-electron chi connectivity index (χ1n) is 6.87. The quantitative estimate of drug-likeness (QED) is 0.825. The third-order valence-corrected chi connectivity index (χ3v) is 4.02. The largest absolute Gasteiger partial charge is 0.392 e. The Labute approximate surface area is 115 Å². The fourth-order valence-corrected chi connectivity index (χ4v) is 2.77. The van der Waals surface area contributed by atoms with Crippen molar-refractivity contribution in [3.63, 3.8) is 0 Å². The molecule has 0 aliphatic carbocycles. The highest BCUT2D eigenvalue weighted by Gasteiger charge is 2.21. The SMILES string of the molecule is CCCC(CCC)C(O)Cc1c(Cl)c(C)nn1C. The van der Waals surface area contributed by atoms with E-state index in [1.165, 1.54) is 0 Å². The van der Waals surface area contributed by atoms with Crippen molar-refractivity contribution >= 4 is 11.6 Å². The van der Waals surface area contributed by atoms with Gasteiger partial charge in [0.05, 0.1) is 22.5 Å². The second-order valence-electron chi connectivity index (χ2n) is 5.08. The normalized spacial score (nSPS) is 13.3. The predicted molar refractivity (Wildman–Crippen MR) is 76.0 cm³/mol. The van der Waals surface area contributed by atoms with Gasteiger partial charge >= 0.3 is 0 Å². The second kappa shape index (κ2) is 7.15. The summed E-state index contributed by atoms with van der Waals surface area (Å²) < 4.78 is 1.79. The van der Waals surface area contributed by atoms with Gasteiger partial charge in [-0.2, -0.15) is 5.10 Å². The van der Waals surface area contributed by atoms with Gasteiger partial charge in [0.1, 0.15) is 0 Å². The number of aromatic nitrogens is 2. The topological polar surface area (TPSA) is 38.1 Å². The van der Waals surface area contributed by atoms with Gasteiger partial charge in [0.2, 0.25) is 0 Å². The summed E-state index contributed by atoms with van der Waals surface area (Å²) >= 11 is 6.22. The molecular weight excluding hydrogens is 248 g/mol. The van der Waals surface area contributed by atoms with Crippen molar-refractivity contribution in [3.8, 4) is 0 Å². The van der Waals surface area contributed by atoms with Crippen LogP contribution in [0.5, 0.6) is 0 Å². The Morgan fingerprint density at radius 3 is 2.22 bits per heavy atom. The lowest BCUT2D eigenvalue weighted by molar-refractivity contribution is 0.0946. The Balaban J connectivity index is 2.75. The number of rotatable bonds is 7. The van der Waals surface area contributed by atoms with Crippen LogP contribution in [0.25, 0.3) is 0 Å². The summed E-state index contributed by atoms with van der Waals surface area (Å²) in [4.78, 5) is 0. The van der Waals surface area contributed by atoms with E-state index in [1.807, 2.05) is 14.0 Å². The van der Waals surface area contributed by atoms with Gasteiger partial charge < -0.3 is 5.11 Å². The van der Waals surface area contributed by atoms with Gasteiger partial charge in [0, 0.05) is 13.5 Å². The molecule has 1 aromatic rings. The molecule has 0 saturated heterocycles. The first-order valence-corrected chi connectivity index (χ1v) is 7.25. The van der Waals surface area contributed by atoms with Crippen LogP contribution in [0.2, 0.25) is 5.02 Å². The molecule has 0 spiro atoms. The molecular formula is C14H25ClN2O. The highest BCUT2D eigenvalue weighted by Crippen LogP contribution is 2.25. The van der Waals surface area contributed by atoms with Gasteiger partial charge in [0.15, 0.2) is 0 Å². The second-order valence-corrected chi connectivity index (χ2v) is 5.46. The molecule has 3 nitrogen and oxygen atoms in total. The van der Waals surface area contributed by atoms with Crippen LogP contribution in [0.4, 0.5) is 0 Å². The van der Waals surface area contributed by atoms with Crippen LogP contribution in [0.15, 0.2) is 0 Å². The summed E-state index contributed by atoms with van der Waals surface area (Å²) in [6.45, 7) is 6.22. The number of aliphatic hydroxyl groups excluding tert-OH is 1. The molecule has 1 heterocycles. The van der Waals surface area contributed by atoms with Gasteiger partial charge in [-0.3, -0.25) is 4.68 Å². The minimum absolute atomic E-state index is 0.322. The smallest absolute Gasteiger partial charge is 0.0847 e. The van der Waals surface area contributed by atoms with Crippen LogP contribution in [0.3, 0.4) is 0 Å². The summed E-state index contributed by atoms with van der Waals surface area (Å²) in [5.74, 6) is 0.367. The summed E-state index contributed by atoms with van der Waals surface area (Å²) in [6, 6.07) is 0. The molecule has 1 atom stereocenters. The van der Waals surface area contributed by atoms with E-state index in [-0.39, 0.29) is 6.10 Å². The first kappa shape index (κ1) is 15.5. The van der Waals surface area contributed by atoms with Crippen molar-refractivity contribution in [2.75, 3.05) is 0 Å². The summed E-state index contributed by atoms with van der Waals surface area (Å²) in [5.41, 5.74) is 1.78. The van der Waals surface area contributed by atoms with Crippen LogP contribution in [-0.2, 0) is 13.5 Å². The van der Waals surface area contributed by atoms with Crippen LogP contribution in [-0.4, -0.2) is 21.0 Å². The van der Waals surface area contributed by atoms with E-state index in [1.54, 1.807) is 4.68 Å². The molecule has 1 aromatic heterocycles. The van der Waals surface area contributed by atoms with Gasteiger partial charge in [0.25, 0.3) is 0 Å². The molecule has 0 fully saturated rings. The number of aliphatic hydroxyl groups is 1. The molecule has 1 N–H and O–H groups in total. The van der Waals surface area contributed by atoms with Crippen LogP contribution in [0.1, 0.15) is 50.9 Å². The molecule has 0 amide bonds. The Kier molecular flexibility index (Phi) is 6.16. The lowest BCUT2D eigenvalue weighted by Crippen LogP contribution is -2.24. The molecule has 104 valence electrons. The van der Waals surface area contributed by atoms with Gasteiger partial charge in [-0.1, -0.05) is 38.3 Å². The fourth-order valence-electron chi connectivity index (χ4n) is 2.54. The van der Waals surface area contributed by atoms with Crippen LogP contribution >= 0.6 is 11.6 Å². The molecule has 1 unspecified atom stereocenters. The molecule has 1 rings (SSSR count). The standard InChI is InChI=1S/C14H25ClN2O/c1-5-7-11(8-6-2)13(18)9-12-14(15)10(3)16-17(12)4/h11,13,18H,5-9H2,1-4H3. The maximum absolute atomic E-state index is 10.4. The third kappa shape index (κ3) is 3.72. The molecule has 4 heteroatoms. The van der Waals surface area contributed by atoms with E-state index < -0.39 is 0 Å². The van der Waals surface area contributed by atoms with Crippen molar-refractivity contribution in [2.24, 2.45) is 13.0 Å². The van der Waals surface area contributed by atoms with Crippen molar-refractivity contribution < 1.29 is 5.11 Å². The number of halogens is 1. The molecule has 18 heavy (non-hydrogen) atoms. The zero-order valence-corrected chi connectivity index (χ0v) is 12.7. The van der Waals surface area contributed by atoms with Crippen LogP contribution in [0, 0.1) is 12.8 Å². The Bertz CT molecular complexity index is 370. The minimum Gasteiger partial charge on any atom is -0.392 e. The number of hydrogen-bond acceptors (Lipinski definition) is 2. The lowest BCUT2D eigenvalue weighted by atomic mass is 9.90. The molecule has 0 saturated carbocycles. The summed E-state index contributed by atoms with van der Waals surface area (Å²) in [6.07, 6.45) is 4.64. The molecule has 0 aliphatic rings. The Hall–Kier alpha value is -0.540. The number of hydrogen-bond donors (Lipinski definition) is 1. The van der Waals surface area contributed by atoms with E-state index in [0.29, 0.717) is 17.4 Å². The molecule has 0 aliphatic heterocycles. The molecule has 0 aromatic carbocycles. The molecule has 0 radical (unpaired) electrons. The zero-order valence-electron chi connectivity index (χ0n) is 11.9. The maximum atomic E-state index is 10.4. The van der Waals surface area contributed by atoms with Gasteiger partial charge in [-0.05, 0) is 25.7 Å². The Morgan fingerprint density at radius 1 is 1.28 bits per heavy atom. The van der Waals surface area contributed by atoms with E-state index in [0.717, 1.165) is 37.1 Å². The van der Waals surface area contributed by atoms with Crippen molar-refractivity contribution in [1.82, 2.24) is 9.78 Å². The predicted octanol–water partition coefficient (Wildman–Crippen LogP) is 3.50. The van der Waals surface area contributed by atoms with E-state index in [4.69, 9.17) is 11.6 Å². The fraction of sp³-hybridized carbons (Fsp3) is 0.786. The van der Waals surface area contributed by atoms with Crippen molar-refractivity contribution in [2.45, 2.75) is 59.0 Å². The van der Waals surface area contributed by atoms with Crippen molar-refractivity contribution in [3.05, 3.63) is 16.4 Å². The minimum atomic E-state index is -0.322. The lowest BCUT2D eigenvalue weighted by Gasteiger charge is -2.22. The maximum Gasteiger partial charge on any atom is 0.0847 e.